The van der Waals surface area contributed by atoms with Crippen LogP contribution in [-0.2, 0) is 9.53 Å². The van der Waals surface area contributed by atoms with E-state index in [0.717, 1.165) is 17.7 Å². The Bertz CT molecular complexity index is 608. The van der Waals surface area contributed by atoms with E-state index >= 15 is 0 Å². The van der Waals surface area contributed by atoms with Gasteiger partial charge in [-0.15, -0.1) is 11.8 Å². The van der Waals surface area contributed by atoms with E-state index in [4.69, 9.17) is 4.74 Å². The van der Waals surface area contributed by atoms with Gasteiger partial charge in [0.25, 0.3) is 5.91 Å². The summed E-state index contributed by atoms with van der Waals surface area (Å²) in [5.41, 5.74) is 0.646. The van der Waals surface area contributed by atoms with Crippen LogP contribution in [0, 0.1) is 11.8 Å². The number of methoxy groups -OCH3 is 1. The van der Waals surface area contributed by atoms with Crippen molar-refractivity contribution >= 4 is 23.6 Å². The second-order valence-electron chi connectivity index (χ2n) is 6.97. The van der Waals surface area contributed by atoms with Crippen molar-refractivity contribution < 1.29 is 14.3 Å². The molecular formula is C20H30N2O3S. The van der Waals surface area contributed by atoms with Crippen LogP contribution in [0.3, 0.4) is 0 Å². The van der Waals surface area contributed by atoms with Crippen molar-refractivity contribution in [1.82, 2.24) is 10.6 Å². The zero-order chi connectivity index (χ0) is 18.9. The Morgan fingerprint density at radius 3 is 2.77 bits per heavy atom. The normalized spacial score (nSPS) is 22.7. The zero-order valence-corrected chi connectivity index (χ0v) is 16.7. The summed E-state index contributed by atoms with van der Waals surface area (Å²) in [6.45, 7) is 5.47. The van der Waals surface area contributed by atoms with E-state index in [2.05, 4.69) is 24.5 Å². The van der Waals surface area contributed by atoms with E-state index in [-0.39, 0.29) is 23.6 Å². The van der Waals surface area contributed by atoms with Gasteiger partial charge in [0.2, 0.25) is 5.91 Å². The highest BCUT2D eigenvalue weighted by atomic mass is 32.2. The molecule has 2 N–H and O–H groups in total. The van der Waals surface area contributed by atoms with E-state index in [9.17, 15) is 9.59 Å². The molecule has 1 saturated carbocycles. The van der Waals surface area contributed by atoms with E-state index in [1.54, 1.807) is 7.11 Å². The van der Waals surface area contributed by atoms with Crippen LogP contribution >= 0.6 is 11.8 Å². The van der Waals surface area contributed by atoms with Gasteiger partial charge in [0.15, 0.2) is 0 Å². The van der Waals surface area contributed by atoms with Gasteiger partial charge in [-0.2, -0.15) is 0 Å². The highest BCUT2D eigenvalue weighted by Crippen LogP contribution is 2.30. The molecule has 6 heteroatoms. The smallest absolute Gasteiger partial charge is 0.252 e. The highest BCUT2D eigenvalue weighted by molar-refractivity contribution is 8.00. The van der Waals surface area contributed by atoms with E-state index in [1.165, 1.54) is 18.2 Å². The molecule has 5 nitrogen and oxygen atoms in total. The Kier molecular flexibility index (Phi) is 8.45. The van der Waals surface area contributed by atoms with Gasteiger partial charge >= 0.3 is 0 Å². The minimum atomic E-state index is -0.0583. The molecule has 0 aliphatic heterocycles. The fraction of sp³-hybridized carbons (Fsp3) is 0.600. The topological polar surface area (TPSA) is 67.4 Å². The van der Waals surface area contributed by atoms with Crippen molar-refractivity contribution in [2.75, 3.05) is 26.0 Å². The van der Waals surface area contributed by atoms with E-state index in [0.29, 0.717) is 30.6 Å². The first kappa shape index (κ1) is 20.8. The lowest BCUT2D eigenvalue weighted by molar-refractivity contribution is -0.118. The molecular weight excluding hydrogens is 348 g/mol. The number of amides is 2. The first-order chi connectivity index (χ1) is 12.5. The van der Waals surface area contributed by atoms with Gasteiger partial charge in [-0.25, -0.2) is 0 Å². The maximum absolute atomic E-state index is 12.8. The molecule has 1 aromatic rings. The van der Waals surface area contributed by atoms with Crippen LogP contribution in [0.4, 0.5) is 0 Å². The maximum atomic E-state index is 12.8. The number of nitrogens with one attached hydrogen (secondary N) is 2. The number of ether oxygens (including phenoxy) is 1. The summed E-state index contributed by atoms with van der Waals surface area (Å²) in [7, 11) is 1.60. The van der Waals surface area contributed by atoms with Crippen molar-refractivity contribution in [2.24, 2.45) is 11.8 Å². The van der Waals surface area contributed by atoms with Gasteiger partial charge in [-0.05, 0) is 30.4 Å². The van der Waals surface area contributed by atoms with Gasteiger partial charge in [-0.1, -0.05) is 38.8 Å². The van der Waals surface area contributed by atoms with Crippen LogP contribution in [0.15, 0.2) is 29.2 Å². The molecule has 2 rings (SSSR count). The predicted molar refractivity (Wildman–Crippen MR) is 105 cm³/mol. The van der Waals surface area contributed by atoms with E-state index < -0.39 is 0 Å². The number of carbonyl (C=O) groups is 2. The summed E-state index contributed by atoms with van der Waals surface area (Å²) in [5.74, 6) is 1.30. The molecule has 0 spiro atoms. The second kappa shape index (κ2) is 10.6. The summed E-state index contributed by atoms with van der Waals surface area (Å²) < 4.78 is 4.92. The molecule has 0 bridgehead atoms. The number of hydrogen-bond acceptors (Lipinski definition) is 4. The molecule has 0 heterocycles. The average Bonchev–Trinajstić information content (AvgIpc) is 2.64. The molecule has 1 aromatic carbocycles. The molecule has 26 heavy (non-hydrogen) atoms. The van der Waals surface area contributed by atoms with Gasteiger partial charge in [0.05, 0.1) is 17.9 Å². The fourth-order valence-corrected chi connectivity index (χ4v) is 4.18. The average molecular weight is 379 g/mol. The van der Waals surface area contributed by atoms with Crippen LogP contribution < -0.4 is 10.6 Å². The number of thioether (sulfide) groups is 1. The number of hydrogen-bond donors (Lipinski definition) is 2. The summed E-state index contributed by atoms with van der Waals surface area (Å²) in [4.78, 5) is 25.5. The molecule has 144 valence electrons. The summed E-state index contributed by atoms with van der Waals surface area (Å²) in [6, 6.07) is 7.71. The van der Waals surface area contributed by atoms with Crippen molar-refractivity contribution in [3.05, 3.63) is 29.8 Å². The first-order valence-corrected chi connectivity index (χ1v) is 10.3. The molecule has 3 unspecified atom stereocenters. The largest absolute Gasteiger partial charge is 0.383 e. The predicted octanol–water partition coefficient (Wildman–Crippen LogP) is 3.10. The Labute approximate surface area is 160 Å². The van der Waals surface area contributed by atoms with Gasteiger partial charge < -0.3 is 15.4 Å². The van der Waals surface area contributed by atoms with Gasteiger partial charge in [0.1, 0.15) is 0 Å². The van der Waals surface area contributed by atoms with Crippen LogP contribution in [0.2, 0.25) is 0 Å². The number of carbonyl (C=O) groups excluding carboxylic acids is 2. The summed E-state index contributed by atoms with van der Waals surface area (Å²) in [6.07, 6.45) is 3.43. The van der Waals surface area contributed by atoms with Crippen LogP contribution in [0.1, 0.15) is 43.5 Å². The third kappa shape index (κ3) is 6.02. The lowest BCUT2D eigenvalue weighted by Gasteiger charge is -2.34. The molecule has 0 radical (unpaired) electrons. The fourth-order valence-electron chi connectivity index (χ4n) is 3.30. The third-order valence-electron chi connectivity index (χ3n) is 5.14. The van der Waals surface area contributed by atoms with Crippen LogP contribution in [0.25, 0.3) is 0 Å². The lowest BCUT2D eigenvalue weighted by Crippen LogP contribution is -2.43. The van der Waals surface area contributed by atoms with Gasteiger partial charge in [-0.3, -0.25) is 9.59 Å². The molecule has 1 aliphatic carbocycles. The minimum absolute atomic E-state index is 0.0427. The lowest BCUT2D eigenvalue weighted by atomic mass is 9.78. The Hall–Kier alpha value is -1.53. The summed E-state index contributed by atoms with van der Waals surface area (Å²) in [5, 5.41) is 6.01. The van der Waals surface area contributed by atoms with E-state index in [1.807, 2.05) is 24.3 Å². The molecule has 3 atom stereocenters. The molecule has 0 saturated heterocycles. The van der Waals surface area contributed by atoms with Crippen molar-refractivity contribution in [3.8, 4) is 0 Å². The zero-order valence-electron chi connectivity index (χ0n) is 15.9. The van der Waals surface area contributed by atoms with Crippen LogP contribution in [0.5, 0.6) is 0 Å². The molecule has 1 aliphatic rings. The number of rotatable bonds is 8. The highest BCUT2D eigenvalue weighted by Gasteiger charge is 2.28. The quantitative estimate of drug-likeness (QED) is 0.539. The SMILES string of the molecule is COCCNC(=O)CSc1ccccc1C(=O)NC1CCCC(C)C1C. The van der Waals surface area contributed by atoms with Crippen molar-refractivity contribution in [2.45, 2.75) is 44.0 Å². The monoisotopic (exact) mass is 378 g/mol. The molecule has 2 amide bonds. The Morgan fingerprint density at radius 2 is 2.00 bits per heavy atom. The van der Waals surface area contributed by atoms with Crippen molar-refractivity contribution in [1.29, 1.82) is 0 Å². The maximum Gasteiger partial charge on any atom is 0.252 e. The van der Waals surface area contributed by atoms with Gasteiger partial charge in [0, 0.05) is 24.6 Å². The Balaban J connectivity index is 1.94. The number of benzene rings is 1. The molecule has 1 fully saturated rings. The first-order valence-electron chi connectivity index (χ1n) is 9.31. The van der Waals surface area contributed by atoms with Crippen molar-refractivity contribution in [3.63, 3.8) is 0 Å². The summed E-state index contributed by atoms with van der Waals surface area (Å²) >= 11 is 1.39. The standard InChI is InChI=1S/C20H30N2O3S/c1-14-7-6-9-17(15(14)2)22-20(24)16-8-4-5-10-18(16)26-13-19(23)21-11-12-25-3/h4-5,8,10,14-15,17H,6-7,9,11-13H2,1-3H3,(H,21,23)(H,22,24). The minimum Gasteiger partial charge on any atom is -0.383 e. The Morgan fingerprint density at radius 1 is 1.23 bits per heavy atom. The van der Waals surface area contributed by atoms with Crippen LogP contribution in [-0.4, -0.2) is 43.9 Å². The molecule has 0 aromatic heterocycles. The second-order valence-corrected chi connectivity index (χ2v) is 7.99. The third-order valence-corrected chi connectivity index (χ3v) is 6.22.